The number of benzene rings is 3. The van der Waals surface area contributed by atoms with Crippen LogP contribution in [0.15, 0.2) is 69.0 Å². The summed E-state index contributed by atoms with van der Waals surface area (Å²) in [5, 5.41) is 16.2. The average Bonchev–Trinajstić information content (AvgIpc) is 2.88. The Morgan fingerprint density at radius 3 is 2.76 bits per heavy atom. The lowest BCUT2D eigenvalue weighted by Crippen LogP contribution is -2.25. The maximum absolute atomic E-state index is 13.6. The minimum atomic E-state index is -0.192. The first-order valence-electron chi connectivity index (χ1n) is 11.4. The van der Waals surface area contributed by atoms with Crippen molar-refractivity contribution in [3.05, 3.63) is 80.8 Å². The zero-order valence-electron chi connectivity index (χ0n) is 18.6. The lowest BCUT2D eigenvalue weighted by atomic mass is 9.88. The maximum Gasteiger partial charge on any atom is 0.282 e. The fourth-order valence-corrected chi connectivity index (χ4v) is 5.02. The number of halogens is 1. The summed E-state index contributed by atoms with van der Waals surface area (Å²) in [4.78, 5) is 18.5. The molecule has 0 aliphatic heterocycles. The van der Waals surface area contributed by atoms with Crippen LogP contribution in [0.3, 0.4) is 0 Å². The molecule has 34 heavy (non-hydrogen) atoms. The molecule has 6 nitrogen and oxygen atoms in total. The first-order chi connectivity index (χ1) is 16.7. The number of fused-ring (bicyclic) bond motifs is 2. The van der Waals surface area contributed by atoms with Gasteiger partial charge >= 0.3 is 0 Å². The van der Waals surface area contributed by atoms with Gasteiger partial charge in [0.1, 0.15) is 17.6 Å². The van der Waals surface area contributed by atoms with Crippen molar-refractivity contribution in [1.29, 1.82) is 5.26 Å². The van der Waals surface area contributed by atoms with E-state index in [0.717, 1.165) is 46.5 Å². The number of hydrogen-bond donors (Lipinski definition) is 0. The van der Waals surface area contributed by atoms with Crippen LogP contribution in [0, 0.1) is 11.3 Å². The van der Waals surface area contributed by atoms with Gasteiger partial charge in [-0.15, -0.1) is 0 Å². The van der Waals surface area contributed by atoms with Crippen molar-refractivity contribution < 1.29 is 4.74 Å². The second-order valence-corrected chi connectivity index (χ2v) is 9.39. The highest BCUT2D eigenvalue weighted by Gasteiger charge is 2.22. The molecule has 7 heteroatoms. The maximum atomic E-state index is 13.6. The first kappa shape index (κ1) is 22.3. The van der Waals surface area contributed by atoms with E-state index >= 15 is 0 Å². The van der Waals surface area contributed by atoms with Gasteiger partial charge in [-0.3, -0.25) is 4.79 Å². The highest BCUT2D eigenvalue weighted by Crippen LogP contribution is 2.32. The van der Waals surface area contributed by atoms with Gasteiger partial charge < -0.3 is 4.74 Å². The third-order valence-electron chi connectivity index (χ3n) is 6.33. The third kappa shape index (κ3) is 4.34. The molecule has 1 fully saturated rings. The van der Waals surface area contributed by atoms with Crippen molar-refractivity contribution in [2.75, 3.05) is 6.61 Å². The molecule has 0 unspecified atom stereocenters. The molecule has 0 saturated heterocycles. The monoisotopic (exact) mass is 514 g/mol. The SMILES string of the molecule is N#CCOc1ccc2ccccc2c1C=Nn1c(C2CCCCC2)nc2ccc(Br)cc2c1=O. The Bertz CT molecular complexity index is 1500. The summed E-state index contributed by atoms with van der Waals surface area (Å²) in [6.45, 7) is -0.0714. The van der Waals surface area contributed by atoms with Crippen molar-refractivity contribution in [2.24, 2.45) is 5.10 Å². The largest absolute Gasteiger partial charge is 0.478 e. The van der Waals surface area contributed by atoms with Gasteiger partial charge in [-0.2, -0.15) is 15.0 Å². The normalized spacial score (nSPS) is 14.6. The molecule has 0 amide bonds. The molecule has 170 valence electrons. The molecule has 1 heterocycles. The molecule has 0 spiro atoms. The number of aromatic nitrogens is 2. The molecule has 0 N–H and O–H groups in total. The fourth-order valence-electron chi connectivity index (χ4n) is 4.66. The number of nitriles is 1. The van der Waals surface area contributed by atoms with Crippen molar-refractivity contribution in [2.45, 2.75) is 38.0 Å². The van der Waals surface area contributed by atoms with E-state index in [1.165, 1.54) is 11.1 Å². The zero-order valence-corrected chi connectivity index (χ0v) is 20.2. The molecule has 0 bridgehead atoms. The van der Waals surface area contributed by atoms with Gasteiger partial charge in [0, 0.05) is 16.0 Å². The van der Waals surface area contributed by atoms with E-state index in [-0.39, 0.29) is 18.1 Å². The number of ether oxygens (including phenoxy) is 1. The molecule has 1 aliphatic rings. The second-order valence-electron chi connectivity index (χ2n) is 8.47. The van der Waals surface area contributed by atoms with E-state index in [1.807, 2.05) is 54.6 Å². The van der Waals surface area contributed by atoms with Crippen LogP contribution in [0.1, 0.15) is 49.4 Å². The van der Waals surface area contributed by atoms with E-state index < -0.39 is 0 Å². The van der Waals surface area contributed by atoms with Crippen LogP contribution >= 0.6 is 15.9 Å². The third-order valence-corrected chi connectivity index (χ3v) is 6.82. The Hall–Kier alpha value is -3.50. The van der Waals surface area contributed by atoms with Crippen LogP contribution < -0.4 is 10.3 Å². The van der Waals surface area contributed by atoms with Gasteiger partial charge in [0.05, 0.1) is 17.1 Å². The summed E-state index contributed by atoms with van der Waals surface area (Å²) in [6, 6.07) is 19.3. The molecule has 1 aliphatic carbocycles. The minimum absolute atomic E-state index is 0.0714. The fraction of sp³-hybridized carbons (Fsp3) is 0.259. The highest BCUT2D eigenvalue weighted by molar-refractivity contribution is 9.10. The molecule has 3 aromatic carbocycles. The van der Waals surface area contributed by atoms with Gasteiger partial charge in [-0.1, -0.05) is 65.5 Å². The molecule has 1 aromatic heterocycles. The van der Waals surface area contributed by atoms with E-state index in [1.54, 1.807) is 12.3 Å². The smallest absolute Gasteiger partial charge is 0.282 e. The van der Waals surface area contributed by atoms with Crippen molar-refractivity contribution >= 4 is 43.8 Å². The van der Waals surface area contributed by atoms with Gasteiger partial charge in [0.15, 0.2) is 6.61 Å². The predicted octanol–water partition coefficient (Wildman–Crippen LogP) is 6.14. The van der Waals surface area contributed by atoms with Crippen LogP contribution in [-0.4, -0.2) is 22.5 Å². The van der Waals surface area contributed by atoms with E-state index in [4.69, 9.17) is 15.0 Å². The van der Waals surface area contributed by atoms with Crippen LogP contribution in [0.25, 0.3) is 21.7 Å². The Kier molecular flexibility index (Phi) is 6.41. The molecular formula is C27H23BrN4O2. The summed E-state index contributed by atoms with van der Waals surface area (Å²) in [6.07, 6.45) is 7.11. The van der Waals surface area contributed by atoms with Gasteiger partial charge in [0.25, 0.3) is 5.56 Å². The van der Waals surface area contributed by atoms with Crippen LogP contribution in [0.2, 0.25) is 0 Å². The average molecular weight is 515 g/mol. The summed E-state index contributed by atoms with van der Waals surface area (Å²) < 4.78 is 7.96. The predicted molar refractivity (Wildman–Crippen MR) is 138 cm³/mol. The second kappa shape index (κ2) is 9.78. The Morgan fingerprint density at radius 2 is 1.94 bits per heavy atom. The Labute approximate surface area is 205 Å². The molecule has 1 saturated carbocycles. The van der Waals surface area contributed by atoms with E-state index in [9.17, 15) is 4.79 Å². The lowest BCUT2D eigenvalue weighted by Gasteiger charge is -2.22. The summed E-state index contributed by atoms with van der Waals surface area (Å²) in [7, 11) is 0. The summed E-state index contributed by atoms with van der Waals surface area (Å²) >= 11 is 3.47. The highest BCUT2D eigenvalue weighted by atomic mass is 79.9. The van der Waals surface area contributed by atoms with Crippen LogP contribution in [-0.2, 0) is 0 Å². The van der Waals surface area contributed by atoms with Crippen molar-refractivity contribution in [3.63, 3.8) is 0 Å². The molecule has 4 aromatic rings. The molecular weight excluding hydrogens is 492 g/mol. The van der Waals surface area contributed by atoms with Crippen molar-refractivity contribution in [1.82, 2.24) is 9.66 Å². The van der Waals surface area contributed by atoms with E-state index in [0.29, 0.717) is 22.5 Å². The minimum Gasteiger partial charge on any atom is -0.478 e. The van der Waals surface area contributed by atoms with Gasteiger partial charge in [-0.25, -0.2) is 4.98 Å². The molecule has 0 radical (unpaired) electrons. The Balaban J connectivity index is 1.70. The molecule has 5 rings (SSSR count). The number of hydrogen-bond acceptors (Lipinski definition) is 5. The standard InChI is InChI=1S/C27H23BrN4O2/c28-20-11-12-24-22(16-20)27(33)32(26(31-24)19-7-2-1-3-8-19)30-17-23-21-9-5-4-6-18(21)10-13-25(23)34-15-14-29/h4-6,9-13,16-17,19H,1-3,7-8,15H2. The Morgan fingerprint density at radius 1 is 1.12 bits per heavy atom. The first-order valence-corrected chi connectivity index (χ1v) is 12.2. The lowest BCUT2D eigenvalue weighted by molar-refractivity contribution is 0.368. The quantitative estimate of drug-likeness (QED) is 0.299. The van der Waals surface area contributed by atoms with Crippen LogP contribution in [0.4, 0.5) is 0 Å². The van der Waals surface area contributed by atoms with Gasteiger partial charge in [0.2, 0.25) is 0 Å². The summed E-state index contributed by atoms with van der Waals surface area (Å²) in [5.41, 5.74) is 1.22. The zero-order chi connectivity index (χ0) is 23.5. The van der Waals surface area contributed by atoms with Crippen LogP contribution in [0.5, 0.6) is 5.75 Å². The topological polar surface area (TPSA) is 80.3 Å². The molecule has 0 atom stereocenters. The van der Waals surface area contributed by atoms with Gasteiger partial charge in [-0.05, 0) is 47.9 Å². The number of rotatable bonds is 5. The summed E-state index contributed by atoms with van der Waals surface area (Å²) in [5.74, 6) is 1.44. The number of nitrogens with zero attached hydrogens (tertiary/aromatic N) is 4. The van der Waals surface area contributed by atoms with Crippen molar-refractivity contribution in [3.8, 4) is 11.8 Å². The van der Waals surface area contributed by atoms with E-state index in [2.05, 4.69) is 21.0 Å².